The van der Waals surface area contributed by atoms with Gasteiger partial charge in [0.05, 0.1) is 4.90 Å². The van der Waals surface area contributed by atoms with Crippen LogP contribution in [0.1, 0.15) is 22.8 Å². The minimum absolute atomic E-state index is 0.0875. The van der Waals surface area contributed by atoms with Gasteiger partial charge < -0.3 is 4.90 Å². The van der Waals surface area contributed by atoms with E-state index in [9.17, 15) is 13.2 Å². The first-order valence-corrected chi connectivity index (χ1v) is 9.71. The van der Waals surface area contributed by atoms with Crippen molar-refractivity contribution < 1.29 is 13.2 Å². The Morgan fingerprint density at radius 1 is 1.17 bits per heavy atom. The normalized spacial score (nSPS) is 11.3. The van der Waals surface area contributed by atoms with Gasteiger partial charge in [-0.05, 0) is 29.8 Å². The molecule has 2 aromatic carbocycles. The zero-order valence-electron chi connectivity index (χ0n) is 13.5. The molecule has 0 aliphatic heterocycles. The van der Waals surface area contributed by atoms with Crippen LogP contribution in [0.2, 0.25) is 0 Å². The fourth-order valence-electron chi connectivity index (χ4n) is 2.24. The molecule has 0 unspecified atom stereocenters. The van der Waals surface area contributed by atoms with Crippen molar-refractivity contribution in [3.8, 4) is 0 Å². The number of carbonyl (C=O) groups is 1. The van der Waals surface area contributed by atoms with E-state index in [-0.39, 0.29) is 10.8 Å². The summed E-state index contributed by atoms with van der Waals surface area (Å²) in [7, 11) is -1.90. The monoisotopic (exact) mass is 410 g/mol. The molecule has 0 aromatic heterocycles. The predicted octanol–water partition coefficient (Wildman–Crippen LogP) is 3.02. The maximum atomic E-state index is 12.6. The number of nitrogens with zero attached hydrogens (tertiary/aromatic N) is 1. The first-order valence-electron chi connectivity index (χ1n) is 7.43. The lowest BCUT2D eigenvalue weighted by Crippen LogP contribution is -2.27. The minimum Gasteiger partial charge on any atom is -0.337 e. The molecule has 0 aliphatic carbocycles. The summed E-state index contributed by atoms with van der Waals surface area (Å²) in [5.41, 5.74) is 1.31. The zero-order valence-corrected chi connectivity index (χ0v) is 15.9. The van der Waals surface area contributed by atoms with Crippen molar-refractivity contribution in [2.75, 3.05) is 13.6 Å². The van der Waals surface area contributed by atoms with E-state index in [1.807, 2.05) is 24.3 Å². The Bertz CT molecular complexity index is 837. The Morgan fingerprint density at radius 3 is 2.54 bits per heavy atom. The van der Waals surface area contributed by atoms with E-state index in [0.29, 0.717) is 18.7 Å². The average Bonchev–Trinajstić information content (AvgIpc) is 2.56. The van der Waals surface area contributed by atoms with Gasteiger partial charge in [0.2, 0.25) is 10.0 Å². The number of carbonyl (C=O) groups excluding carboxylic acids is 1. The van der Waals surface area contributed by atoms with E-state index in [2.05, 4.69) is 20.7 Å². The summed E-state index contributed by atoms with van der Waals surface area (Å²) in [6, 6.07) is 13.7. The summed E-state index contributed by atoms with van der Waals surface area (Å²) in [6.07, 6.45) is 0. The molecular formula is C17H19BrN2O3S. The maximum Gasteiger partial charge on any atom is 0.253 e. The Hall–Kier alpha value is -1.70. The van der Waals surface area contributed by atoms with Crippen LogP contribution in [-0.4, -0.2) is 32.8 Å². The maximum absolute atomic E-state index is 12.6. The van der Waals surface area contributed by atoms with Crippen LogP contribution in [0, 0.1) is 0 Å². The number of nitrogens with one attached hydrogen (secondary N) is 1. The highest BCUT2D eigenvalue weighted by molar-refractivity contribution is 9.10. The summed E-state index contributed by atoms with van der Waals surface area (Å²) in [5, 5.41) is 0. The smallest absolute Gasteiger partial charge is 0.253 e. The molecule has 24 heavy (non-hydrogen) atoms. The topological polar surface area (TPSA) is 66.5 Å². The standard InChI is InChI=1S/C17H19BrN2O3S/c1-3-19-24(22,23)15-9-6-8-13(11-15)17(21)20(2)12-14-7-4-5-10-16(14)18/h4-11,19H,3,12H2,1-2H3. The molecule has 0 atom stereocenters. The van der Waals surface area contributed by atoms with Crippen LogP contribution < -0.4 is 4.72 Å². The second-order valence-corrected chi connectivity index (χ2v) is 7.90. The van der Waals surface area contributed by atoms with Gasteiger partial charge in [0.15, 0.2) is 0 Å². The van der Waals surface area contributed by atoms with Crippen LogP contribution in [0.4, 0.5) is 0 Å². The van der Waals surface area contributed by atoms with E-state index in [0.717, 1.165) is 10.0 Å². The van der Waals surface area contributed by atoms with E-state index < -0.39 is 10.0 Å². The van der Waals surface area contributed by atoms with Crippen LogP contribution in [0.15, 0.2) is 57.9 Å². The molecule has 0 heterocycles. The van der Waals surface area contributed by atoms with E-state index in [1.165, 1.54) is 12.1 Å². The van der Waals surface area contributed by atoms with Crippen molar-refractivity contribution in [3.63, 3.8) is 0 Å². The number of sulfonamides is 1. The number of hydrogen-bond donors (Lipinski definition) is 1. The molecule has 0 saturated heterocycles. The fraction of sp³-hybridized carbons (Fsp3) is 0.235. The van der Waals surface area contributed by atoms with Crippen molar-refractivity contribution in [1.29, 1.82) is 0 Å². The molecule has 1 N–H and O–H groups in total. The van der Waals surface area contributed by atoms with Gasteiger partial charge in [-0.3, -0.25) is 4.79 Å². The van der Waals surface area contributed by atoms with Crippen LogP contribution in [-0.2, 0) is 16.6 Å². The van der Waals surface area contributed by atoms with Gasteiger partial charge in [-0.15, -0.1) is 0 Å². The van der Waals surface area contributed by atoms with Gasteiger partial charge >= 0.3 is 0 Å². The highest BCUT2D eigenvalue weighted by Gasteiger charge is 2.17. The van der Waals surface area contributed by atoms with Crippen LogP contribution >= 0.6 is 15.9 Å². The molecule has 2 aromatic rings. The third kappa shape index (κ3) is 4.43. The molecule has 128 valence electrons. The molecule has 7 heteroatoms. The summed E-state index contributed by atoms with van der Waals surface area (Å²) in [4.78, 5) is 14.2. The largest absolute Gasteiger partial charge is 0.337 e. The SMILES string of the molecule is CCNS(=O)(=O)c1cccc(C(=O)N(C)Cc2ccccc2Br)c1. The third-order valence-electron chi connectivity index (χ3n) is 3.44. The summed E-state index contributed by atoms with van der Waals surface area (Å²) in [6.45, 7) is 2.42. The van der Waals surface area contributed by atoms with Gasteiger partial charge in [-0.1, -0.05) is 47.1 Å². The first kappa shape index (κ1) is 18.6. The molecule has 0 aliphatic rings. The van der Waals surface area contributed by atoms with Gasteiger partial charge in [-0.25, -0.2) is 13.1 Å². The highest BCUT2D eigenvalue weighted by Crippen LogP contribution is 2.19. The van der Waals surface area contributed by atoms with E-state index in [4.69, 9.17) is 0 Å². The summed E-state index contributed by atoms with van der Waals surface area (Å²) in [5.74, 6) is -0.237. The number of halogens is 1. The highest BCUT2D eigenvalue weighted by atomic mass is 79.9. The fourth-order valence-corrected chi connectivity index (χ4v) is 3.74. The molecule has 5 nitrogen and oxygen atoms in total. The van der Waals surface area contributed by atoms with Crippen LogP contribution in [0.3, 0.4) is 0 Å². The zero-order chi connectivity index (χ0) is 17.7. The van der Waals surface area contributed by atoms with Crippen molar-refractivity contribution >= 4 is 31.9 Å². The minimum atomic E-state index is -3.59. The lowest BCUT2D eigenvalue weighted by Gasteiger charge is -2.18. The molecule has 0 bridgehead atoms. The molecular weight excluding hydrogens is 392 g/mol. The molecule has 0 spiro atoms. The summed E-state index contributed by atoms with van der Waals surface area (Å²) < 4.78 is 27.5. The number of hydrogen-bond acceptors (Lipinski definition) is 3. The van der Waals surface area contributed by atoms with Crippen molar-refractivity contribution in [3.05, 3.63) is 64.1 Å². The second-order valence-electron chi connectivity index (χ2n) is 5.28. The molecule has 0 radical (unpaired) electrons. The lowest BCUT2D eigenvalue weighted by atomic mass is 10.1. The first-order chi connectivity index (χ1) is 11.3. The lowest BCUT2D eigenvalue weighted by molar-refractivity contribution is 0.0784. The van der Waals surface area contributed by atoms with Gasteiger partial charge in [0.1, 0.15) is 0 Å². The Morgan fingerprint density at radius 2 is 1.88 bits per heavy atom. The van der Waals surface area contributed by atoms with E-state index in [1.54, 1.807) is 31.0 Å². The summed E-state index contributed by atoms with van der Waals surface area (Å²) >= 11 is 3.46. The molecule has 2 rings (SSSR count). The number of benzene rings is 2. The van der Waals surface area contributed by atoms with Crippen molar-refractivity contribution in [2.24, 2.45) is 0 Å². The second kappa shape index (κ2) is 7.92. The average molecular weight is 411 g/mol. The van der Waals surface area contributed by atoms with Crippen molar-refractivity contribution in [2.45, 2.75) is 18.4 Å². The predicted molar refractivity (Wildman–Crippen MR) is 97.2 cm³/mol. The number of amides is 1. The third-order valence-corrected chi connectivity index (χ3v) is 5.75. The Balaban J connectivity index is 2.22. The van der Waals surface area contributed by atoms with Crippen LogP contribution in [0.5, 0.6) is 0 Å². The van der Waals surface area contributed by atoms with E-state index >= 15 is 0 Å². The van der Waals surface area contributed by atoms with Gasteiger partial charge in [-0.2, -0.15) is 0 Å². The van der Waals surface area contributed by atoms with Crippen LogP contribution in [0.25, 0.3) is 0 Å². The molecule has 0 saturated carbocycles. The Labute approximate surface area is 150 Å². The van der Waals surface area contributed by atoms with Crippen molar-refractivity contribution in [1.82, 2.24) is 9.62 Å². The van der Waals surface area contributed by atoms with Gasteiger partial charge in [0.25, 0.3) is 5.91 Å². The number of rotatable bonds is 6. The molecule has 0 fully saturated rings. The quantitative estimate of drug-likeness (QED) is 0.795. The molecule has 1 amide bonds. The van der Waals surface area contributed by atoms with Gasteiger partial charge in [0, 0.05) is 30.2 Å². The Kier molecular flexibility index (Phi) is 6.15.